The van der Waals surface area contributed by atoms with Crippen molar-refractivity contribution < 1.29 is 23.8 Å². The molecule has 0 saturated heterocycles. The molecule has 0 fully saturated rings. The Balaban J connectivity index is 5.65. The summed E-state index contributed by atoms with van der Waals surface area (Å²) < 4.78 is 17.9. The smallest absolute Gasteiger partial charge is 0.138 e. The number of ether oxygens (including phenoxy) is 3. The standard InChI is InChI=1S/C40H60Br2O5/c1-5-9-31-45-33-21-13-17-27-37(43)35(25-15-11-19-29-41)39(23-7-3)47-40(24-8-4)36(26-16-12-20-30-42)38(44)28-18-14-22-34-46-32-10-6-2/h1-4,35-36,39-40H,9-34H2. The summed E-state index contributed by atoms with van der Waals surface area (Å²) in [7, 11) is 0. The van der Waals surface area contributed by atoms with Gasteiger partial charge in [-0.1, -0.05) is 70.4 Å². The lowest BCUT2D eigenvalue weighted by Gasteiger charge is -2.33. The van der Waals surface area contributed by atoms with E-state index >= 15 is 0 Å². The van der Waals surface area contributed by atoms with Crippen molar-refractivity contribution in [3.8, 4) is 49.4 Å². The van der Waals surface area contributed by atoms with Crippen LogP contribution in [0, 0.1) is 61.2 Å². The molecule has 47 heavy (non-hydrogen) atoms. The number of terminal acetylenes is 4. The first kappa shape index (κ1) is 45.4. The Bertz CT molecular complexity index is 878. The second-order valence-corrected chi connectivity index (χ2v) is 13.6. The molecule has 264 valence electrons. The van der Waals surface area contributed by atoms with Gasteiger partial charge < -0.3 is 14.2 Å². The van der Waals surface area contributed by atoms with Gasteiger partial charge >= 0.3 is 0 Å². The highest BCUT2D eigenvalue weighted by Gasteiger charge is 2.34. The maximum atomic E-state index is 13.7. The van der Waals surface area contributed by atoms with E-state index in [0.717, 1.165) is 87.7 Å². The van der Waals surface area contributed by atoms with Crippen LogP contribution in [0.25, 0.3) is 0 Å². The first-order chi connectivity index (χ1) is 23.0. The maximum Gasteiger partial charge on any atom is 0.138 e. The molecule has 0 N–H and O–H groups in total. The molecule has 0 aromatic rings. The summed E-state index contributed by atoms with van der Waals surface area (Å²) >= 11 is 7.03. The first-order valence-electron chi connectivity index (χ1n) is 17.7. The van der Waals surface area contributed by atoms with Crippen molar-refractivity contribution in [2.24, 2.45) is 11.8 Å². The number of hydrogen-bond donors (Lipinski definition) is 0. The zero-order chi connectivity index (χ0) is 34.8. The average molecular weight is 781 g/mol. The van der Waals surface area contributed by atoms with Crippen LogP contribution in [-0.4, -0.2) is 60.9 Å². The topological polar surface area (TPSA) is 61.8 Å². The van der Waals surface area contributed by atoms with Gasteiger partial charge in [-0.3, -0.25) is 9.59 Å². The summed E-state index contributed by atoms with van der Waals surface area (Å²) in [6.07, 6.45) is 36.6. The van der Waals surface area contributed by atoms with E-state index in [9.17, 15) is 9.59 Å². The molecule has 0 aliphatic carbocycles. The van der Waals surface area contributed by atoms with E-state index in [1.54, 1.807) is 0 Å². The third-order valence-electron chi connectivity index (χ3n) is 8.22. The van der Waals surface area contributed by atoms with Crippen molar-refractivity contribution >= 4 is 43.4 Å². The van der Waals surface area contributed by atoms with Crippen LogP contribution in [0.5, 0.6) is 0 Å². The lowest BCUT2D eigenvalue weighted by molar-refractivity contribution is -0.138. The van der Waals surface area contributed by atoms with Crippen LogP contribution in [0.3, 0.4) is 0 Å². The van der Waals surface area contributed by atoms with Gasteiger partial charge in [0.1, 0.15) is 11.6 Å². The molecular formula is C40H60Br2O5. The van der Waals surface area contributed by atoms with Crippen molar-refractivity contribution in [1.82, 2.24) is 0 Å². The second-order valence-electron chi connectivity index (χ2n) is 12.0. The van der Waals surface area contributed by atoms with E-state index in [1.165, 1.54) is 0 Å². The number of Topliss-reactive ketones (excluding diaryl/α,β-unsaturated/α-hetero) is 2. The summed E-state index contributed by atoms with van der Waals surface area (Å²) in [4.78, 5) is 27.5. The minimum atomic E-state index is -0.472. The van der Waals surface area contributed by atoms with Crippen LogP contribution < -0.4 is 0 Å². The molecule has 0 aromatic carbocycles. The molecule has 0 rings (SSSR count). The molecule has 4 unspecified atom stereocenters. The van der Waals surface area contributed by atoms with E-state index in [4.69, 9.17) is 39.9 Å². The van der Waals surface area contributed by atoms with Crippen LogP contribution in [0.2, 0.25) is 0 Å². The van der Waals surface area contributed by atoms with Crippen molar-refractivity contribution in [3.05, 3.63) is 0 Å². The minimum absolute atomic E-state index is 0.182. The molecular weight excluding hydrogens is 720 g/mol. The first-order valence-corrected chi connectivity index (χ1v) is 20.0. The van der Waals surface area contributed by atoms with Crippen LogP contribution >= 0.6 is 31.9 Å². The Kier molecular flexibility index (Phi) is 33.1. The molecule has 5 nitrogen and oxygen atoms in total. The van der Waals surface area contributed by atoms with Crippen LogP contribution in [0.4, 0.5) is 0 Å². The van der Waals surface area contributed by atoms with Crippen molar-refractivity contribution in [3.63, 3.8) is 0 Å². The Morgan fingerprint density at radius 3 is 1.28 bits per heavy atom. The zero-order valence-electron chi connectivity index (χ0n) is 28.8. The molecule has 0 aromatic heterocycles. The van der Waals surface area contributed by atoms with Gasteiger partial charge in [-0.2, -0.15) is 0 Å². The molecule has 0 aliphatic heterocycles. The van der Waals surface area contributed by atoms with Crippen molar-refractivity contribution in [2.75, 3.05) is 37.1 Å². The van der Waals surface area contributed by atoms with Gasteiger partial charge in [-0.15, -0.1) is 49.4 Å². The maximum absolute atomic E-state index is 13.7. The summed E-state index contributed by atoms with van der Waals surface area (Å²) in [5, 5.41) is 1.86. The molecule has 0 bridgehead atoms. The molecule has 7 heteroatoms. The van der Waals surface area contributed by atoms with Crippen LogP contribution in [0.1, 0.15) is 128 Å². The molecule has 0 saturated carbocycles. The number of unbranched alkanes of at least 4 members (excludes halogenated alkanes) is 8. The fourth-order valence-corrected chi connectivity index (χ4v) is 6.40. The van der Waals surface area contributed by atoms with E-state index < -0.39 is 12.2 Å². The number of alkyl halides is 2. The number of ketones is 2. The monoisotopic (exact) mass is 778 g/mol. The fourth-order valence-electron chi connectivity index (χ4n) is 5.60. The highest BCUT2D eigenvalue weighted by molar-refractivity contribution is 9.09. The molecule has 0 aliphatic rings. The van der Waals surface area contributed by atoms with Gasteiger partial charge in [0.2, 0.25) is 0 Å². The third-order valence-corrected chi connectivity index (χ3v) is 9.34. The van der Waals surface area contributed by atoms with Gasteiger partial charge in [0.05, 0.1) is 25.4 Å². The predicted octanol–water partition coefficient (Wildman–Crippen LogP) is 9.27. The van der Waals surface area contributed by atoms with Crippen LogP contribution in [0.15, 0.2) is 0 Å². The molecule has 0 radical (unpaired) electrons. The normalized spacial score (nSPS) is 13.4. The van der Waals surface area contributed by atoms with Crippen LogP contribution in [-0.2, 0) is 23.8 Å². The Labute approximate surface area is 304 Å². The zero-order valence-corrected chi connectivity index (χ0v) is 32.0. The molecule has 0 amide bonds. The SMILES string of the molecule is C#CCCOCCCCCC(=O)C(CCCCCBr)C(CC#C)OC(CC#C)C(CCCCCBr)C(=O)CCCCCOCCC#C. The average Bonchev–Trinajstić information content (AvgIpc) is 3.06. The summed E-state index contributed by atoms with van der Waals surface area (Å²) in [6.45, 7) is 2.43. The van der Waals surface area contributed by atoms with Gasteiger partial charge in [0, 0.05) is 74.2 Å². The summed E-state index contributed by atoms with van der Waals surface area (Å²) in [5.41, 5.74) is 0. The Morgan fingerprint density at radius 2 is 0.915 bits per heavy atom. The van der Waals surface area contributed by atoms with E-state index in [2.05, 4.69) is 55.5 Å². The second kappa shape index (κ2) is 34.3. The lowest BCUT2D eigenvalue weighted by atomic mass is 9.85. The van der Waals surface area contributed by atoms with Gasteiger partial charge in [-0.25, -0.2) is 0 Å². The number of hydrogen-bond acceptors (Lipinski definition) is 5. The Hall–Kier alpha value is -1.58. The fraction of sp³-hybridized carbons (Fsp3) is 0.750. The Morgan fingerprint density at radius 1 is 0.511 bits per heavy atom. The molecule has 0 heterocycles. The molecule has 4 atom stereocenters. The summed E-state index contributed by atoms with van der Waals surface area (Å²) in [5.74, 6) is 10.4. The highest BCUT2D eigenvalue weighted by atomic mass is 79.9. The third kappa shape index (κ3) is 25.1. The number of halogens is 2. The number of rotatable bonds is 34. The molecule has 0 spiro atoms. The van der Waals surface area contributed by atoms with E-state index in [-0.39, 0.29) is 23.4 Å². The summed E-state index contributed by atoms with van der Waals surface area (Å²) in [6, 6.07) is 0. The number of carbonyl (C=O) groups excluding carboxylic acids is 2. The van der Waals surface area contributed by atoms with E-state index in [0.29, 0.717) is 77.8 Å². The largest absolute Gasteiger partial charge is 0.380 e. The predicted molar refractivity (Wildman–Crippen MR) is 203 cm³/mol. The van der Waals surface area contributed by atoms with Gasteiger partial charge in [0.25, 0.3) is 0 Å². The van der Waals surface area contributed by atoms with Gasteiger partial charge in [0.15, 0.2) is 0 Å². The van der Waals surface area contributed by atoms with Crippen molar-refractivity contribution in [2.45, 2.75) is 141 Å². The van der Waals surface area contributed by atoms with Crippen molar-refractivity contribution in [1.29, 1.82) is 0 Å². The minimum Gasteiger partial charge on any atom is -0.380 e. The highest BCUT2D eigenvalue weighted by Crippen LogP contribution is 2.30. The lowest BCUT2D eigenvalue weighted by Crippen LogP contribution is -2.39. The van der Waals surface area contributed by atoms with E-state index in [1.807, 2.05) is 0 Å². The number of carbonyl (C=O) groups is 2. The van der Waals surface area contributed by atoms with Gasteiger partial charge in [-0.05, 0) is 51.4 Å². The quantitative estimate of drug-likeness (QED) is 0.0371.